The van der Waals surface area contributed by atoms with E-state index in [4.69, 9.17) is 4.74 Å². The Morgan fingerprint density at radius 1 is 1.28 bits per heavy atom. The number of hydrogen-bond acceptors (Lipinski definition) is 2. The Morgan fingerprint density at radius 3 is 2.61 bits per heavy atom. The van der Waals surface area contributed by atoms with E-state index in [1.165, 1.54) is 4.91 Å². The SMILES string of the molecule is CCOc1ccccc1SC1=[C-]CC=C1.[Cl-].[Cl-].[Ti+3]. The minimum atomic E-state index is 0. The Bertz CT molecular complexity index is 408. The van der Waals surface area contributed by atoms with Crippen LogP contribution < -0.4 is 29.6 Å². The molecule has 0 amide bonds. The van der Waals surface area contributed by atoms with Gasteiger partial charge < -0.3 is 29.6 Å². The molecule has 0 N–H and O–H groups in total. The molecule has 0 spiro atoms. The van der Waals surface area contributed by atoms with Gasteiger partial charge >= 0.3 is 21.7 Å². The normalized spacial score (nSPS) is 11.7. The van der Waals surface area contributed by atoms with Crippen LogP contribution in [0.15, 0.2) is 46.2 Å². The average Bonchev–Trinajstić information content (AvgIpc) is 2.74. The fraction of sp³-hybridized carbons (Fsp3) is 0.231. The number of rotatable bonds is 4. The first-order chi connectivity index (χ1) is 7.40. The van der Waals surface area contributed by atoms with Crippen molar-refractivity contribution in [2.75, 3.05) is 6.61 Å². The molecule has 2 rings (SSSR count). The summed E-state index contributed by atoms with van der Waals surface area (Å²) in [5.41, 5.74) is 0. The van der Waals surface area contributed by atoms with Crippen LogP contribution in [0.4, 0.5) is 0 Å². The molecule has 1 aliphatic rings. The molecular formula is C13H13Cl2OSTi. The largest absolute Gasteiger partial charge is 3.00 e. The van der Waals surface area contributed by atoms with Gasteiger partial charge in [0.1, 0.15) is 5.75 Å². The van der Waals surface area contributed by atoms with Crippen molar-refractivity contribution in [2.24, 2.45) is 0 Å². The second kappa shape index (κ2) is 11.0. The summed E-state index contributed by atoms with van der Waals surface area (Å²) in [7, 11) is 0. The number of benzene rings is 1. The van der Waals surface area contributed by atoms with E-state index in [2.05, 4.69) is 24.3 Å². The molecule has 0 saturated carbocycles. The molecule has 1 nitrogen and oxygen atoms in total. The fourth-order valence-corrected chi connectivity index (χ4v) is 2.31. The Kier molecular flexibility index (Phi) is 12.5. The first kappa shape index (κ1) is 20.5. The van der Waals surface area contributed by atoms with Gasteiger partial charge in [0.15, 0.2) is 0 Å². The van der Waals surface area contributed by atoms with Gasteiger partial charge in [-0.1, -0.05) is 12.1 Å². The van der Waals surface area contributed by atoms with Crippen molar-refractivity contribution >= 4 is 11.8 Å². The van der Waals surface area contributed by atoms with E-state index >= 15 is 0 Å². The van der Waals surface area contributed by atoms with Gasteiger partial charge in [0.25, 0.3) is 0 Å². The zero-order valence-electron chi connectivity index (χ0n) is 9.95. The first-order valence-corrected chi connectivity index (χ1v) is 5.89. The molecule has 0 aromatic heterocycles. The van der Waals surface area contributed by atoms with Gasteiger partial charge in [-0.25, -0.2) is 6.08 Å². The molecule has 1 radical (unpaired) electrons. The van der Waals surface area contributed by atoms with E-state index < -0.39 is 0 Å². The van der Waals surface area contributed by atoms with Crippen LogP contribution in [-0.2, 0) is 21.7 Å². The summed E-state index contributed by atoms with van der Waals surface area (Å²) in [5, 5.41) is 0. The zero-order chi connectivity index (χ0) is 10.5. The van der Waals surface area contributed by atoms with Gasteiger partial charge in [0.2, 0.25) is 0 Å². The third-order valence-corrected chi connectivity index (χ3v) is 3.09. The van der Waals surface area contributed by atoms with Crippen LogP contribution >= 0.6 is 11.8 Å². The van der Waals surface area contributed by atoms with Crippen LogP contribution in [-0.4, -0.2) is 6.61 Å². The molecule has 5 heteroatoms. The van der Waals surface area contributed by atoms with E-state index in [1.54, 1.807) is 11.8 Å². The van der Waals surface area contributed by atoms with Crippen molar-refractivity contribution in [3.8, 4) is 5.75 Å². The smallest absolute Gasteiger partial charge is 1.00 e. The van der Waals surface area contributed by atoms with E-state index in [1.807, 2.05) is 25.1 Å². The van der Waals surface area contributed by atoms with Crippen molar-refractivity contribution in [3.05, 3.63) is 47.4 Å². The maximum Gasteiger partial charge on any atom is 3.00 e. The summed E-state index contributed by atoms with van der Waals surface area (Å²) in [6, 6.07) is 8.11. The molecule has 95 valence electrons. The second-order valence-electron chi connectivity index (χ2n) is 3.13. The van der Waals surface area contributed by atoms with Crippen LogP contribution in [0, 0.1) is 6.08 Å². The molecule has 0 saturated heterocycles. The standard InChI is InChI=1S/C13H13OS.2ClH.Ti/c1-2-14-12-9-5-6-10-13(12)15-11-7-3-4-8-11;;;/h3,5-7,9-10H,2,4H2,1H3;2*1H;/q-1;;;+3/p-2. The summed E-state index contributed by atoms with van der Waals surface area (Å²) in [6.45, 7) is 2.71. The molecular weight excluding hydrogens is 323 g/mol. The van der Waals surface area contributed by atoms with Crippen molar-refractivity contribution in [2.45, 2.75) is 18.2 Å². The van der Waals surface area contributed by atoms with Crippen molar-refractivity contribution in [1.82, 2.24) is 0 Å². The van der Waals surface area contributed by atoms with Crippen molar-refractivity contribution in [3.63, 3.8) is 0 Å². The third kappa shape index (κ3) is 5.86. The Hall–Kier alpha value is 0.144. The van der Waals surface area contributed by atoms with Gasteiger partial charge in [-0.05, 0) is 19.1 Å². The molecule has 1 aromatic carbocycles. The number of ether oxygens (including phenoxy) is 1. The van der Waals surface area contributed by atoms with Crippen molar-refractivity contribution < 1.29 is 51.3 Å². The quantitative estimate of drug-likeness (QED) is 0.457. The van der Waals surface area contributed by atoms with Crippen LogP contribution in [0.3, 0.4) is 0 Å². The second-order valence-corrected chi connectivity index (χ2v) is 4.21. The fourth-order valence-electron chi connectivity index (χ4n) is 1.38. The topological polar surface area (TPSA) is 9.23 Å². The molecule has 0 aliphatic heterocycles. The molecule has 0 atom stereocenters. The van der Waals surface area contributed by atoms with E-state index in [-0.39, 0.29) is 46.5 Å². The minimum absolute atomic E-state index is 0. The maximum absolute atomic E-state index is 5.56. The summed E-state index contributed by atoms with van der Waals surface area (Å²) in [4.78, 5) is 2.34. The summed E-state index contributed by atoms with van der Waals surface area (Å²) in [5.74, 6) is 0.958. The molecule has 18 heavy (non-hydrogen) atoms. The van der Waals surface area contributed by atoms with Gasteiger partial charge in [-0.3, -0.25) is 6.08 Å². The Morgan fingerprint density at radius 2 is 2.00 bits per heavy atom. The summed E-state index contributed by atoms with van der Waals surface area (Å²) < 4.78 is 5.56. The van der Waals surface area contributed by atoms with Gasteiger partial charge in [-0.15, -0.1) is 18.2 Å². The monoisotopic (exact) mass is 335 g/mol. The molecule has 1 aliphatic carbocycles. The molecule has 1 aromatic rings. The van der Waals surface area contributed by atoms with Gasteiger partial charge in [-0.2, -0.15) is 11.0 Å². The number of allylic oxidation sites excluding steroid dienone is 3. The minimum Gasteiger partial charge on any atom is -1.00 e. The Balaban J connectivity index is 0. The van der Waals surface area contributed by atoms with Crippen LogP contribution in [0.2, 0.25) is 0 Å². The zero-order valence-corrected chi connectivity index (χ0v) is 13.8. The Labute approximate surface area is 140 Å². The van der Waals surface area contributed by atoms with Crippen LogP contribution in [0.5, 0.6) is 5.75 Å². The number of hydrogen-bond donors (Lipinski definition) is 0. The summed E-state index contributed by atoms with van der Waals surface area (Å²) >= 11 is 1.71. The van der Waals surface area contributed by atoms with Crippen molar-refractivity contribution in [1.29, 1.82) is 0 Å². The molecule has 0 bridgehead atoms. The van der Waals surface area contributed by atoms with Crippen LogP contribution in [0.25, 0.3) is 0 Å². The van der Waals surface area contributed by atoms with E-state index in [9.17, 15) is 0 Å². The van der Waals surface area contributed by atoms with Gasteiger partial charge in [0, 0.05) is 0 Å². The predicted octanol–water partition coefficient (Wildman–Crippen LogP) is -2.17. The predicted molar refractivity (Wildman–Crippen MR) is 64.0 cm³/mol. The first-order valence-electron chi connectivity index (χ1n) is 5.07. The number of thioether (sulfide) groups is 1. The summed E-state index contributed by atoms with van der Waals surface area (Å²) in [6.07, 6.45) is 8.44. The van der Waals surface area contributed by atoms with Crippen LogP contribution in [0.1, 0.15) is 13.3 Å². The average molecular weight is 336 g/mol. The van der Waals surface area contributed by atoms with E-state index in [0.29, 0.717) is 6.61 Å². The number of para-hydroxylation sites is 1. The molecule has 0 unspecified atom stereocenters. The van der Waals surface area contributed by atoms with E-state index in [0.717, 1.165) is 17.1 Å². The molecule has 0 heterocycles. The molecule has 0 fully saturated rings. The van der Waals surface area contributed by atoms with Gasteiger partial charge in [0.05, 0.1) is 11.5 Å². The number of halogens is 2. The maximum atomic E-state index is 5.56. The third-order valence-electron chi connectivity index (χ3n) is 2.03.